The molecule has 1 fully saturated rings. The number of carbonyl (C=O) groups excluding carboxylic acids is 1. The first kappa shape index (κ1) is 11.5. The highest BCUT2D eigenvalue weighted by Crippen LogP contribution is 2.18. The van der Waals surface area contributed by atoms with Crippen molar-refractivity contribution >= 4 is 5.97 Å². The van der Waals surface area contributed by atoms with E-state index < -0.39 is 0 Å². The zero-order valence-electron chi connectivity index (χ0n) is 9.13. The molecule has 0 aromatic rings. The predicted molar refractivity (Wildman–Crippen MR) is 53.1 cm³/mol. The van der Waals surface area contributed by atoms with Crippen molar-refractivity contribution < 1.29 is 14.3 Å². The molecule has 1 aliphatic heterocycles. The third-order valence-corrected chi connectivity index (χ3v) is 2.56. The summed E-state index contributed by atoms with van der Waals surface area (Å²) in [7, 11) is 1.40. The molecule has 1 aliphatic rings. The lowest BCUT2D eigenvalue weighted by Crippen LogP contribution is -2.54. The minimum Gasteiger partial charge on any atom is -0.468 e. The molecule has 1 saturated heterocycles. The molecule has 1 rings (SSSR count). The number of hydrogen-bond acceptors (Lipinski definition) is 4. The Morgan fingerprint density at radius 3 is 2.86 bits per heavy atom. The number of nitrogens with one attached hydrogen (secondary N) is 1. The van der Waals surface area contributed by atoms with E-state index in [2.05, 4.69) is 17.0 Å². The van der Waals surface area contributed by atoms with Crippen molar-refractivity contribution in [3.05, 3.63) is 0 Å². The molecule has 4 nitrogen and oxygen atoms in total. The highest BCUT2D eigenvalue weighted by Gasteiger charge is 2.30. The first-order valence-electron chi connectivity index (χ1n) is 5.01. The lowest BCUT2D eigenvalue weighted by Gasteiger charge is -2.36. The van der Waals surface area contributed by atoms with Crippen LogP contribution in [0.2, 0.25) is 0 Å². The molecule has 0 saturated carbocycles. The van der Waals surface area contributed by atoms with E-state index in [1.807, 2.05) is 6.92 Å². The fourth-order valence-electron chi connectivity index (χ4n) is 1.81. The third-order valence-electron chi connectivity index (χ3n) is 2.56. The van der Waals surface area contributed by atoms with E-state index in [0.29, 0.717) is 6.61 Å². The summed E-state index contributed by atoms with van der Waals surface area (Å²) in [6.45, 7) is 5.37. The first-order valence-corrected chi connectivity index (χ1v) is 5.01. The molecule has 0 amide bonds. The van der Waals surface area contributed by atoms with Gasteiger partial charge in [-0.15, -0.1) is 0 Å². The summed E-state index contributed by atoms with van der Waals surface area (Å²) in [6.07, 6.45) is 2.08. The summed E-state index contributed by atoms with van der Waals surface area (Å²) in [5.41, 5.74) is -0.0914. The SMILES string of the molecule is COC(=O)C(C)NC1(C)CCCOC1. The van der Waals surface area contributed by atoms with E-state index in [-0.39, 0.29) is 17.6 Å². The van der Waals surface area contributed by atoms with Crippen molar-refractivity contribution in [3.63, 3.8) is 0 Å². The van der Waals surface area contributed by atoms with Crippen LogP contribution >= 0.6 is 0 Å². The minimum absolute atomic E-state index is 0.0914. The van der Waals surface area contributed by atoms with Gasteiger partial charge in [0.25, 0.3) is 0 Å². The summed E-state index contributed by atoms with van der Waals surface area (Å²) >= 11 is 0. The summed E-state index contributed by atoms with van der Waals surface area (Å²) in [5.74, 6) is -0.225. The maximum atomic E-state index is 11.2. The Morgan fingerprint density at radius 2 is 2.36 bits per heavy atom. The molecular weight excluding hydrogens is 182 g/mol. The van der Waals surface area contributed by atoms with Crippen molar-refractivity contribution in [1.29, 1.82) is 0 Å². The summed E-state index contributed by atoms with van der Waals surface area (Å²) in [6, 6.07) is -0.272. The van der Waals surface area contributed by atoms with Gasteiger partial charge in [-0.2, -0.15) is 0 Å². The second-order valence-corrected chi connectivity index (χ2v) is 4.11. The van der Waals surface area contributed by atoms with Gasteiger partial charge in [0.15, 0.2) is 0 Å². The molecule has 0 aromatic carbocycles. The van der Waals surface area contributed by atoms with Gasteiger partial charge in [-0.3, -0.25) is 10.1 Å². The number of ether oxygens (including phenoxy) is 2. The molecule has 1 N–H and O–H groups in total. The summed E-state index contributed by atoms with van der Waals surface area (Å²) in [5, 5.41) is 3.25. The number of esters is 1. The van der Waals surface area contributed by atoms with E-state index in [9.17, 15) is 4.79 Å². The van der Waals surface area contributed by atoms with Crippen molar-refractivity contribution in [2.45, 2.75) is 38.3 Å². The highest BCUT2D eigenvalue weighted by molar-refractivity contribution is 5.75. The van der Waals surface area contributed by atoms with Crippen LogP contribution in [0.25, 0.3) is 0 Å². The molecule has 14 heavy (non-hydrogen) atoms. The van der Waals surface area contributed by atoms with Crippen LogP contribution in [-0.4, -0.2) is 37.9 Å². The number of hydrogen-bond donors (Lipinski definition) is 1. The average Bonchev–Trinajstić information content (AvgIpc) is 2.17. The summed E-state index contributed by atoms with van der Waals surface area (Å²) < 4.78 is 10.0. The maximum absolute atomic E-state index is 11.2. The van der Waals surface area contributed by atoms with Gasteiger partial charge in [0, 0.05) is 12.1 Å². The molecule has 2 atom stereocenters. The Balaban J connectivity index is 2.44. The van der Waals surface area contributed by atoms with Crippen molar-refractivity contribution in [2.24, 2.45) is 0 Å². The van der Waals surface area contributed by atoms with E-state index in [4.69, 9.17) is 4.74 Å². The molecule has 1 heterocycles. The number of rotatable bonds is 3. The van der Waals surface area contributed by atoms with Crippen LogP contribution in [0.1, 0.15) is 26.7 Å². The molecule has 0 spiro atoms. The van der Waals surface area contributed by atoms with Crippen LogP contribution in [-0.2, 0) is 14.3 Å². The smallest absolute Gasteiger partial charge is 0.322 e. The van der Waals surface area contributed by atoms with Gasteiger partial charge in [0.1, 0.15) is 6.04 Å². The second kappa shape index (κ2) is 4.75. The third kappa shape index (κ3) is 2.96. The van der Waals surface area contributed by atoms with E-state index >= 15 is 0 Å². The highest BCUT2D eigenvalue weighted by atomic mass is 16.5. The molecule has 0 bridgehead atoms. The van der Waals surface area contributed by atoms with Crippen LogP contribution in [0.15, 0.2) is 0 Å². The fraction of sp³-hybridized carbons (Fsp3) is 0.900. The molecular formula is C10H19NO3. The van der Waals surface area contributed by atoms with Crippen molar-refractivity contribution in [1.82, 2.24) is 5.32 Å². The fourth-order valence-corrected chi connectivity index (χ4v) is 1.81. The largest absolute Gasteiger partial charge is 0.468 e. The molecule has 2 unspecified atom stereocenters. The van der Waals surface area contributed by atoms with Gasteiger partial charge >= 0.3 is 5.97 Å². The number of methoxy groups -OCH3 is 1. The zero-order valence-corrected chi connectivity index (χ0v) is 9.13. The molecule has 82 valence electrons. The van der Waals surface area contributed by atoms with E-state index in [1.165, 1.54) is 7.11 Å². The van der Waals surface area contributed by atoms with Crippen molar-refractivity contribution in [2.75, 3.05) is 20.3 Å². The second-order valence-electron chi connectivity index (χ2n) is 4.11. The Bertz CT molecular complexity index is 200. The quantitative estimate of drug-likeness (QED) is 0.683. The standard InChI is InChI=1S/C10H19NO3/c1-8(9(12)13-3)11-10(2)5-4-6-14-7-10/h8,11H,4-7H2,1-3H3. The topological polar surface area (TPSA) is 47.6 Å². The first-order chi connectivity index (χ1) is 6.57. The van der Waals surface area contributed by atoms with Gasteiger partial charge in [0.2, 0.25) is 0 Å². The van der Waals surface area contributed by atoms with Gasteiger partial charge in [-0.05, 0) is 26.7 Å². The molecule has 0 radical (unpaired) electrons. The Hall–Kier alpha value is -0.610. The van der Waals surface area contributed by atoms with Crippen LogP contribution in [0.4, 0.5) is 0 Å². The van der Waals surface area contributed by atoms with Crippen LogP contribution < -0.4 is 5.32 Å². The maximum Gasteiger partial charge on any atom is 0.322 e. The molecule has 4 heteroatoms. The molecule has 0 aliphatic carbocycles. The molecule has 0 aromatic heterocycles. The minimum atomic E-state index is -0.272. The van der Waals surface area contributed by atoms with Gasteiger partial charge < -0.3 is 9.47 Å². The lowest BCUT2D eigenvalue weighted by molar-refractivity contribution is -0.143. The van der Waals surface area contributed by atoms with Gasteiger partial charge in [-0.1, -0.05) is 0 Å². The Labute approximate surface area is 85.0 Å². The lowest BCUT2D eigenvalue weighted by atomic mass is 9.94. The summed E-state index contributed by atoms with van der Waals surface area (Å²) in [4.78, 5) is 11.2. The Kier molecular flexibility index (Phi) is 3.89. The van der Waals surface area contributed by atoms with E-state index in [0.717, 1.165) is 19.4 Å². The van der Waals surface area contributed by atoms with Crippen molar-refractivity contribution in [3.8, 4) is 0 Å². The predicted octanol–water partition coefficient (Wildman–Crippen LogP) is 0.707. The van der Waals surface area contributed by atoms with Gasteiger partial charge in [0.05, 0.1) is 13.7 Å². The normalized spacial score (nSPS) is 29.6. The van der Waals surface area contributed by atoms with E-state index in [1.54, 1.807) is 0 Å². The van der Waals surface area contributed by atoms with Crippen LogP contribution in [0.3, 0.4) is 0 Å². The Morgan fingerprint density at radius 1 is 1.64 bits per heavy atom. The van der Waals surface area contributed by atoms with Gasteiger partial charge in [-0.25, -0.2) is 0 Å². The monoisotopic (exact) mass is 201 g/mol. The zero-order chi connectivity index (χ0) is 10.6. The van der Waals surface area contributed by atoms with Crippen LogP contribution in [0, 0.1) is 0 Å². The number of carbonyl (C=O) groups is 1. The average molecular weight is 201 g/mol. The van der Waals surface area contributed by atoms with Crippen LogP contribution in [0.5, 0.6) is 0 Å².